The van der Waals surface area contributed by atoms with Crippen molar-refractivity contribution in [3.63, 3.8) is 0 Å². The standard InChI is InChI=1S/C31H36N4OS2/c1-4-31(3)20-24-25(21-36-31)38-29-26(24)28(32-30(33-29)37-5-2)35-18-16-34(17-19-35)27(22-12-8-6-9-13-22)23-14-10-7-11-15-23/h6-15,27H,4-5,16-21H2,1-3H3. The first kappa shape index (κ1) is 25.8. The van der Waals surface area contributed by atoms with Gasteiger partial charge in [0.25, 0.3) is 0 Å². The third-order valence-electron chi connectivity index (χ3n) is 8.03. The molecule has 0 bridgehead atoms. The van der Waals surface area contributed by atoms with Crippen LogP contribution in [-0.2, 0) is 17.8 Å². The van der Waals surface area contributed by atoms with Crippen LogP contribution in [0.2, 0.25) is 0 Å². The van der Waals surface area contributed by atoms with Gasteiger partial charge in [0, 0.05) is 37.5 Å². The molecule has 4 heterocycles. The van der Waals surface area contributed by atoms with E-state index in [1.54, 1.807) is 23.1 Å². The summed E-state index contributed by atoms with van der Waals surface area (Å²) in [5, 5.41) is 2.16. The molecule has 0 aliphatic carbocycles. The lowest BCUT2D eigenvalue weighted by molar-refractivity contribution is -0.0543. The molecule has 0 radical (unpaired) electrons. The number of nitrogens with zero attached hydrogens (tertiary/aromatic N) is 4. The Morgan fingerprint density at radius 1 is 0.947 bits per heavy atom. The van der Waals surface area contributed by atoms with E-state index in [9.17, 15) is 0 Å². The highest BCUT2D eigenvalue weighted by molar-refractivity contribution is 7.99. The van der Waals surface area contributed by atoms with Crippen LogP contribution in [0.4, 0.5) is 5.82 Å². The average Bonchev–Trinajstić information content (AvgIpc) is 3.32. The molecule has 2 aliphatic heterocycles. The first-order valence-corrected chi connectivity index (χ1v) is 15.6. The minimum Gasteiger partial charge on any atom is -0.369 e. The zero-order chi connectivity index (χ0) is 26.1. The Hall–Kier alpha value is -2.45. The van der Waals surface area contributed by atoms with Crippen LogP contribution < -0.4 is 4.90 Å². The van der Waals surface area contributed by atoms with Crippen LogP contribution in [0.1, 0.15) is 54.8 Å². The number of fused-ring (bicyclic) bond motifs is 3. The van der Waals surface area contributed by atoms with Gasteiger partial charge in [-0.3, -0.25) is 4.90 Å². The van der Waals surface area contributed by atoms with Crippen molar-refractivity contribution in [2.24, 2.45) is 0 Å². The number of thioether (sulfide) groups is 1. The third kappa shape index (κ3) is 4.97. The van der Waals surface area contributed by atoms with Crippen LogP contribution in [0, 0.1) is 0 Å². The zero-order valence-electron chi connectivity index (χ0n) is 22.5. The topological polar surface area (TPSA) is 41.5 Å². The Morgan fingerprint density at radius 3 is 2.21 bits per heavy atom. The van der Waals surface area contributed by atoms with E-state index in [1.807, 2.05) is 0 Å². The van der Waals surface area contributed by atoms with E-state index in [0.29, 0.717) is 6.61 Å². The molecule has 4 aromatic rings. The fraction of sp³-hybridized carbons (Fsp3) is 0.419. The number of piperazine rings is 1. The van der Waals surface area contributed by atoms with E-state index < -0.39 is 0 Å². The highest BCUT2D eigenvalue weighted by Gasteiger charge is 2.35. The summed E-state index contributed by atoms with van der Waals surface area (Å²) in [6, 6.07) is 22.1. The van der Waals surface area contributed by atoms with Crippen LogP contribution >= 0.6 is 23.1 Å². The normalized spacial score (nSPS) is 20.3. The first-order valence-electron chi connectivity index (χ1n) is 13.8. The summed E-state index contributed by atoms with van der Waals surface area (Å²) in [6.45, 7) is 11.2. The summed E-state index contributed by atoms with van der Waals surface area (Å²) >= 11 is 3.54. The molecular formula is C31H36N4OS2. The number of rotatable bonds is 7. The molecule has 198 valence electrons. The Labute approximate surface area is 234 Å². The van der Waals surface area contributed by atoms with E-state index in [1.165, 1.54) is 27.0 Å². The van der Waals surface area contributed by atoms with Gasteiger partial charge in [0.1, 0.15) is 10.6 Å². The number of thiophene rings is 1. The summed E-state index contributed by atoms with van der Waals surface area (Å²) in [6.07, 6.45) is 1.93. The van der Waals surface area contributed by atoms with Gasteiger partial charge in [-0.2, -0.15) is 0 Å². The van der Waals surface area contributed by atoms with Gasteiger partial charge < -0.3 is 9.64 Å². The van der Waals surface area contributed by atoms with Crippen LogP contribution in [0.25, 0.3) is 10.2 Å². The second kappa shape index (κ2) is 11.0. The van der Waals surface area contributed by atoms with Gasteiger partial charge in [-0.25, -0.2) is 9.97 Å². The number of hydrogen-bond donors (Lipinski definition) is 0. The number of anilines is 1. The number of hydrogen-bond acceptors (Lipinski definition) is 7. The van der Waals surface area contributed by atoms with Gasteiger partial charge in [0.2, 0.25) is 0 Å². The van der Waals surface area contributed by atoms with Crippen LogP contribution in [0.5, 0.6) is 0 Å². The lowest BCUT2D eigenvalue weighted by Crippen LogP contribution is -2.48. The number of aromatic nitrogens is 2. The maximum absolute atomic E-state index is 6.29. The van der Waals surface area contributed by atoms with Gasteiger partial charge in [-0.05, 0) is 35.8 Å². The minimum atomic E-state index is -0.119. The molecule has 1 atom stereocenters. The van der Waals surface area contributed by atoms with Crippen molar-refractivity contribution in [1.82, 2.24) is 14.9 Å². The Bertz CT molecular complexity index is 1350. The molecule has 38 heavy (non-hydrogen) atoms. The fourth-order valence-electron chi connectivity index (χ4n) is 5.76. The summed E-state index contributed by atoms with van der Waals surface area (Å²) in [5.74, 6) is 2.09. The molecule has 0 N–H and O–H groups in total. The van der Waals surface area contributed by atoms with Gasteiger partial charge >= 0.3 is 0 Å². The van der Waals surface area contributed by atoms with Gasteiger partial charge in [0.15, 0.2) is 5.16 Å². The number of ether oxygens (including phenoxy) is 1. The molecule has 6 rings (SSSR count). The van der Waals surface area contributed by atoms with Crippen LogP contribution in [-0.4, -0.2) is 52.4 Å². The molecule has 2 aromatic carbocycles. The second-order valence-electron chi connectivity index (χ2n) is 10.5. The van der Waals surface area contributed by atoms with Gasteiger partial charge in [0.05, 0.1) is 23.6 Å². The summed E-state index contributed by atoms with van der Waals surface area (Å²) in [7, 11) is 0. The highest BCUT2D eigenvalue weighted by atomic mass is 32.2. The van der Waals surface area contributed by atoms with Crippen molar-refractivity contribution < 1.29 is 4.74 Å². The van der Waals surface area contributed by atoms with E-state index in [4.69, 9.17) is 14.7 Å². The minimum absolute atomic E-state index is 0.119. The molecule has 0 spiro atoms. The van der Waals surface area contributed by atoms with Crippen molar-refractivity contribution in [2.45, 2.75) is 57.0 Å². The highest BCUT2D eigenvalue weighted by Crippen LogP contribution is 2.43. The number of benzene rings is 2. The molecule has 1 unspecified atom stereocenters. The quantitative estimate of drug-likeness (QED) is 0.185. The monoisotopic (exact) mass is 544 g/mol. The van der Waals surface area contributed by atoms with E-state index in [-0.39, 0.29) is 11.6 Å². The van der Waals surface area contributed by atoms with E-state index in [2.05, 4.69) is 91.2 Å². The van der Waals surface area contributed by atoms with Crippen molar-refractivity contribution >= 4 is 39.1 Å². The van der Waals surface area contributed by atoms with E-state index >= 15 is 0 Å². The molecule has 0 amide bonds. The molecule has 7 heteroatoms. The van der Waals surface area contributed by atoms with Crippen molar-refractivity contribution in [2.75, 3.05) is 36.8 Å². The smallest absolute Gasteiger partial charge is 0.190 e. The van der Waals surface area contributed by atoms with Crippen molar-refractivity contribution in [1.29, 1.82) is 0 Å². The summed E-state index contributed by atoms with van der Waals surface area (Å²) in [4.78, 5) is 17.8. The molecular weight excluding hydrogens is 509 g/mol. The fourth-order valence-corrected chi connectivity index (χ4v) is 7.48. The lowest BCUT2D eigenvalue weighted by Gasteiger charge is -2.40. The Kier molecular flexibility index (Phi) is 7.45. The first-order chi connectivity index (χ1) is 18.6. The van der Waals surface area contributed by atoms with E-state index in [0.717, 1.165) is 60.6 Å². The maximum Gasteiger partial charge on any atom is 0.190 e. The molecule has 1 saturated heterocycles. The maximum atomic E-state index is 6.29. The lowest BCUT2D eigenvalue weighted by atomic mass is 9.90. The third-order valence-corrected chi connectivity index (χ3v) is 9.86. The molecule has 5 nitrogen and oxygen atoms in total. The predicted molar refractivity (Wildman–Crippen MR) is 160 cm³/mol. The van der Waals surface area contributed by atoms with Crippen LogP contribution in [0.15, 0.2) is 65.8 Å². The van der Waals surface area contributed by atoms with Gasteiger partial charge in [-0.1, -0.05) is 86.3 Å². The Morgan fingerprint density at radius 2 is 1.61 bits per heavy atom. The van der Waals surface area contributed by atoms with Crippen LogP contribution in [0.3, 0.4) is 0 Å². The molecule has 2 aromatic heterocycles. The second-order valence-corrected chi connectivity index (χ2v) is 12.8. The largest absolute Gasteiger partial charge is 0.369 e. The molecule has 1 fully saturated rings. The molecule has 2 aliphatic rings. The zero-order valence-corrected chi connectivity index (χ0v) is 24.2. The SMILES string of the molecule is CCSc1nc(N2CCN(C(c3ccccc3)c3ccccc3)CC2)c2c3c(sc2n1)COC(C)(CC)C3. The average molecular weight is 545 g/mol. The summed E-state index contributed by atoms with van der Waals surface area (Å²) < 4.78 is 6.29. The van der Waals surface area contributed by atoms with Gasteiger partial charge in [-0.15, -0.1) is 11.3 Å². The van der Waals surface area contributed by atoms with Crippen molar-refractivity contribution in [3.05, 3.63) is 82.2 Å². The van der Waals surface area contributed by atoms with Crippen molar-refractivity contribution in [3.8, 4) is 0 Å². The Balaban J connectivity index is 1.33. The molecule has 0 saturated carbocycles. The summed E-state index contributed by atoms with van der Waals surface area (Å²) in [5.41, 5.74) is 4.00. The predicted octanol–water partition coefficient (Wildman–Crippen LogP) is 6.96.